The zero-order valence-corrected chi connectivity index (χ0v) is 21.5. The molecule has 7 nitrogen and oxygen atoms in total. The van der Waals surface area contributed by atoms with Crippen molar-refractivity contribution >= 4 is 28.8 Å². The number of dihydropyridines is 1. The first-order valence-corrected chi connectivity index (χ1v) is 12.4. The Morgan fingerprint density at radius 3 is 2.89 bits per heavy atom. The van der Waals surface area contributed by atoms with E-state index >= 15 is 0 Å². The molecule has 4 N–H and O–H groups in total. The van der Waals surface area contributed by atoms with Gasteiger partial charge >= 0.3 is 0 Å². The lowest BCUT2D eigenvalue weighted by molar-refractivity contribution is 0.0218. The molecule has 0 radical (unpaired) electrons. The Bertz CT molecular complexity index is 1140. The predicted molar refractivity (Wildman–Crippen MR) is 136 cm³/mol. The number of ether oxygens (including phenoxy) is 2. The molecule has 10 heteroatoms. The van der Waals surface area contributed by atoms with Crippen LogP contribution in [0.25, 0.3) is 5.57 Å². The monoisotopic (exact) mass is 521 g/mol. The average Bonchev–Trinajstić information content (AvgIpc) is 2.83. The maximum atomic E-state index is 14.2. The highest BCUT2D eigenvalue weighted by molar-refractivity contribution is 6.36. The van der Waals surface area contributed by atoms with Crippen LogP contribution in [0.1, 0.15) is 38.0 Å². The fourth-order valence-electron chi connectivity index (χ4n) is 4.46. The lowest BCUT2D eigenvalue weighted by Gasteiger charge is -2.47. The van der Waals surface area contributed by atoms with E-state index in [0.29, 0.717) is 34.4 Å². The molecule has 1 aromatic carbocycles. The number of allylic oxidation sites excluding steroid dienone is 2. The zero-order valence-electron chi connectivity index (χ0n) is 19.9. The number of nitrogens with zero attached hydrogens (tertiary/aromatic N) is 2. The van der Waals surface area contributed by atoms with Crippen LogP contribution in [0.2, 0.25) is 10.0 Å². The third kappa shape index (κ3) is 5.27. The summed E-state index contributed by atoms with van der Waals surface area (Å²) in [6, 6.07) is 4.67. The van der Waals surface area contributed by atoms with Crippen LogP contribution in [0.5, 0.6) is 5.75 Å². The molecule has 1 fully saturated rings. The lowest BCUT2D eigenvalue weighted by Crippen LogP contribution is -2.70. The van der Waals surface area contributed by atoms with Crippen LogP contribution < -0.4 is 21.1 Å². The number of hydrogen-bond acceptors (Lipinski definition) is 7. The summed E-state index contributed by atoms with van der Waals surface area (Å²) in [6.45, 7) is 8.64. The summed E-state index contributed by atoms with van der Waals surface area (Å²) >= 11 is 12.6. The second kappa shape index (κ2) is 10.7. The van der Waals surface area contributed by atoms with Crippen molar-refractivity contribution in [1.29, 1.82) is 0 Å². The highest BCUT2D eigenvalue weighted by Gasteiger charge is 2.39. The van der Waals surface area contributed by atoms with Gasteiger partial charge in [-0.15, -0.1) is 0 Å². The van der Waals surface area contributed by atoms with Gasteiger partial charge in [0, 0.05) is 59.8 Å². The van der Waals surface area contributed by atoms with Crippen molar-refractivity contribution in [3.05, 3.63) is 75.6 Å². The van der Waals surface area contributed by atoms with E-state index in [2.05, 4.69) is 27.4 Å². The van der Waals surface area contributed by atoms with Gasteiger partial charge in [-0.1, -0.05) is 23.2 Å². The van der Waals surface area contributed by atoms with Crippen molar-refractivity contribution in [2.45, 2.75) is 38.7 Å². The number of nitrogens with two attached hydrogens (primary N) is 1. The maximum absolute atomic E-state index is 14.2. The standard InChI is InChI=1S/C25H30Cl2FN5O2/c1-4-34-21-8-10-30-14-18(21)17-7-9-25(29,33-12-11-31-13-15(33)2)32-24(17)35-16(3)22-19(26)5-6-20(28)23(22)27/h5-10,14-16,31-32H,4,11-13,29H2,1-3H3/t15-,16?,25?/m0/s1. The molecule has 0 spiro atoms. The van der Waals surface area contributed by atoms with E-state index in [-0.39, 0.29) is 11.1 Å². The summed E-state index contributed by atoms with van der Waals surface area (Å²) in [5, 5.41) is 6.99. The van der Waals surface area contributed by atoms with Gasteiger partial charge in [-0.05, 0) is 51.1 Å². The van der Waals surface area contributed by atoms with Crippen molar-refractivity contribution in [3.63, 3.8) is 0 Å². The van der Waals surface area contributed by atoms with Crippen LogP contribution in [0.15, 0.2) is 48.6 Å². The molecule has 2 aliphatic heterocycles. The molecule has 188 valence electrons. The Kier molecular flexibility index (Phi) is 7.88. The Hall–Kier alpha value is -2.36. The molecule has 1 saturated heterocycles. The molecule has 35 heavy (non-hydrogen) atoms. The summed E-state index contributed by atoms with van der Waals surface area (Å²) in [6.07, 6.45) is 6.50. The molecule has 1 aromatic heterocycles. The quantitative estimate of drug-likeness (QED) is 0.464. The topological polar surface area (TPSA) is 84.7 Å². The molecule has 0 bridgehead atoms. The molecular formula is C25H30Cl2FN5O2. The van der Waals surface area contributed by atoms with Gasteiger partial charge in [-0.2, -0.15) is 0 Å². The molecule has 3 heterocycles. The molecule has 2 aromatic rings. The van der Waals surface area contributed by atoms with Crippen LogP contribution in [0.4, 0.5) is 4.39 Å². The zero-order chi connectivity index (χ0) is 25.2. The number of rotatable bonds is 7. The molecule has 3 atom stereocenters. The van der Waals surface area contributed by atoms with Gasteiger partial charge in [-0.25, -0.2) is 4.39 Å². The number of halogens is 3. The van der Waals surface area contributed by atoms with Crippen LogP contribution in [-0.2, 0) is 4.74 Å². The largest absolute Gasteiger partial charge is 0.493 e. The van der Waals surface area contributed by atoms with Crippen LogP contribution >= 0.6 is 23.2 Å². The minimum Gasteiger partial charge on any atom is -0.493 e. The number of hydrogen-bond donors (Lipinski definition) is 3. The van der Waals surface area contributed by atoms with Crippen molar-refractivity contribution in [2.75, 3.05) is 26.2 Å². The number of nitrogens with one attached hydrogen (secondary N) is 2. The van der Waals surface area contributed by atoms with E-state index in [4.69, 9.17) is 38.4 Å². The molecule has 2 aliphatic rings. The molecular weight excluding hydrogens is 492 g/mol. The molecule has 0 saturated carbocycles. The van der Waals surface area contributed by atoms with E-state index in [0.717, 1.165) is 25.2 Å². The Labute approximate surface area is 215 Å². The average molecular weight is 522 g/mol. The van der Waals surface area contributed by atoms with E-state index in [1.807, 2.05) is 19.1 Å². The van der Waals surface area contributed by atoms with Crippen LogP contribution in [0, 0.1) is 5.82 Å². The number of aromatic nitrogens is 1. The van der Waals surface area contributed by atoms with E-state index in [9.17, 15) is 4.39 Å². The molecule has 0 amide bonds. The first-order chi connectivity index (χ1) is 16.7. The Morgan fingerprint density at radius 2 is 2.14 bits per heavy atom. The molecule has 4 rings (SSSR count). The first-order valence-electron chi connectivity index (χ1n) is 11.6. The van der Waals surface area contributed by atoms with Crippen molar-refractivity contribution in [2.24, 2.45) is 5.73 Å². The van der Waals surface area contributed by atoms with E-state index in [1.54, 1.807) is 25.4 Å². The normalized spacial score (nSPS) is 23.7. The lowest BCUT2D eigenvalue weighted by atomic mass is 10.0. The summed E-state index contributed by atoms with van der Waals surface area (Å²) in [5.74, 6) is -0.539. The molecule has 2 unspecified atom stereocenters. The summed E-state index contributed by atoms with van der Waals surface area (Å²) < 4.78 is 26.5. The smallest absolute Gasteiger partial charge is 0.198 e. The van der Waals surface area contributed by atoms with E-state index < -0.39 is 17.7 Å². The fraction of sp³-hybridized carbons (Fsp3) is 0.400. The highest BCUT2D eigenvalue weighted by atomic mass is 35.5. The maximum Gasteiger partial charge on any atom is 0.198 e. The van der Waals surface area contributed by atoms with Crippen molar-refractivity contribution in [3.8, 4) is 5.75 Å². The van der Waals surface area contributed by atoms with E-state index in [1.165, 1.54) is 12.1 Å². The van der Waals surface area contributed by atoms with Gasteiger partial charge in [0.2, 0.25) is 0 Å². The number of piperazine rings is 1. The van der Waals surface area contributed by atoms with Crippen LogP contribution in [0.3, 0.4) is 0 Å². The summed E-state index contributed by atoms with van der Waals surface area (Å²) in [7, 11) is 0. The third-order valence-electron chi connectivity index (χ3n) is 6.19. The number of pyridine rings is 1. The third-order valence-corrected chi connectivity index (χ3v) is 6.90. The number of benzene rings is 1. The minimum atomic E-state index is -1.01. The summed E-state index contributed by atoms with van der Waals surface area (Å²) in [4.78, 5) is 6.45. The fourth-order valence-corrected chi connectivity index (χ4v) is 5.13. The van der Waals surface area contributed by atoms with Gasteiger partial charge < -0.3 is 20.1 Å². The minimum absolute atomic E-state index is 0.0791. The van der Waals surface area contributed by atoms with Gasteiger partial charge in [-0.3, -0.25) is 15.6 Å². The Morgan fingerprint density at radius 1 is 1.34 bits per heavy atom. The van der Waals surface area contributed by atoms with Gasteiger partial charge in [0.25, 0.3) is 0 Å². The predicted octanol–water partition coefficient (Wildman–Crippen LogP) is 4.44. The van der Waals surface area contributed by atoms with Gasteiger partial charge in [0.15, 0.2) is 11.7 Å². The van der Waals surface area contributed by atoms with Gasteiger partial charge in [0.1, 0.15) is 17.7 Å². The highest BCUT2D eigenvalue weighted by Crippen LogP contribution is 2.38. The van der Waals surface area contributed by atoms with Gasteiger partial charge in [0.05, 0.1) is 11.6 Å². The summed E-state index contributed by atoms with van der Waals surface area (Å²) in [5.41, 5.74) is 8.65. The van der Waals surface area contributed by atoms with Crippen molar-refractivity contribution in [1.82, 2.24) is 20.5 Å². The first kappa shape index (κ1) is 25.7. The second-order valence-electron chi connectivity index (χ2n) is 8.59. The Balaban J connectivity index is 1.77. The molecule has 0 aliphatic carbocycles. The SMILES string of the molecule is CCOc1ccncc1C1=C(OC(C)c2c(Cl)ccc(F)c2Cl)NC(N)(N2CCNC[C@@H]2C)C=C1. The second-order valence-corrected chi connectivity index (χ2v) is 9.38. The van der Waals surface area contributed by atoms with Crippen molar-refractivity contribution < 1.29 is 13.9 Å². The van der Waals surface area contributed by atoms with Crippen LogP contribution in [-0.4, -0.2) is 48.0 Å².